The smallest absolute Gasteiger partial charge is 0.328 e. The van der Waals surface area contributed by atoms with Crippen LogP contribution in [0.2, 0.25) is 0 Å². The van der Waals surface area contributed by atoms with Gasteiger partial charge in [0, 0.05) is 19.8 Å². The molecule has 2 aromatic carbocycles. The molecule has 0 atom stereocenters. The minimum atomic E-state index is -3.80. The fourth-order valence-electron chi connectivity index (χ4n) is 2.92. The summed E-state index contributed by atoms with van der Waals surface area (Å²) in [6, 6.07) is 9.95. The molecular formula is C18H21N3O4S. The van der Waals surface area contributed by atoms with Crippen molar-refractivity contribution in [3.05, 3.63) is 52.4 Å². The summed E-state index contributed by atoms with van der Waals surface area (Å²) in [7, 11) is -0.512. The number of sulfonamides is 1. The van der Waals surface area contributed by atoms with Crippen molar-refractivity contribution in [2.75, 3.05) is 11.3 Å². The molecule has 138 valence electrons. The van der Waals surface area contributed by atoms with Crippen molar-refractivity contribution in [3.63, 3.8) is 0 Å². The lowest BCUT2D eigenvalue weighted by Gasteiger charge is -2.12. The highest BCUT2D eigenvalue weighted by Gasteiger charge is 2.20. The molecule has 26 heavy (non-hydrogen) atoms. The molecule has 1 aromatic heterocycles. The van der Waals surface area contributed by atoms with E-state index in [0.717, 1.165) is 0 Å². The zero-order chi connectivity index (χ0) is 19.1. The lowest BCUT2D eigenvalue weighted by atomic mass is 10.2. The van der Waals surface area contributed by atoms with Crippen LogP contribution in [0.5, 0.6) is 5.75 Å². The molecule has 0 aliphatic carbocycles. The lowest BCUT2D eigenvalue weighted by Crippen LogP contribution is -2.19. The van der Waals surface area contributed by atoms with Crippen LogP contribution in [0.4, 0.5) is 5.69 Å². The highest BCUT2D eigenvalue weighted by atomic mass is 32.2. The fourth-order valence-corrected chi connectivity index (χ4v) is 4.22. The maximum absolute atomic E-state index is 12.8. The summed E-state index contributed by atoms with van der Waals surface area (Å²) >= 11 is 0. The first kappa shape index (κ1) is 18.1. The molecule has 0 saturated carbocycles. The van der Waals surface area contributed by atoms with Gasteiger partial charge in [-0.25, -0.2) is 13.2 Å². The number of aryl methyl sites for hydroxylation is 3. The van der Waals surface area contributed by atoms with Crippen LogP contribution in [0, 0.1) is 6.92 Å². The van der Waals surface area contributed by atoms with Crippen LogP contribution in [0.1, 0.15) is 12.5 Å². The van der Waals surface area contributed by atoms with Gasteiger partial charge in [0.2, 0.25) is 0 Å². The molecule has 0 bridgehead atoms. The van der Waals surface area contributed by atoms with Gasteiger partial charge in [0.25, 0.3) is 10.0 Å². The summed E-state index contributed by atoms with van der Waals surface area (Å²) in [5.74, 6) is 0.673. The van der Waals surface area contributed by atoms with Crippen molar-refractivity contribution >= 4 is 26.7 Å². The number of nitrogens with zero attached hydrogens (tertiary/aromatic N) is 2. The predicted octanol–water partition coefficient (Wildman–Crippen LogP) is 2.38. The summed E-state index contributed by atoms with van der Waals surface area (Å²) in [5.41, 5.74) is 2.06. The number of nitrogens with one attached hydrogen (secondary N) is 1. The molecule has 0 fully saturated rings. The molecule has 7 nitrogen and oxygen atoms in total. The molecule has 0 amide bonds. The summed E-state index contributed by atoms with van der Waals surface area (Å²) in [4.78, 5) is 12.2. The van der Waals surface area contributed by atoms with E-state index in [1.807, 2.05) is 6.92 Å². The Labute approximate surface area is 151 Å². The predicted molar refractivity (Wildman–Crippen MR) is 101 cm³/mol. The second kappa shape index (κ2) is 6.53. The Morgan fingerprint density at radius 2 is 1.62 bits per heavy atom. The quantitative estimate of drug-likeness (QED) is 0.742. The molecule has 0 radical (unpaired) electrons. The van der Waals surface area contributed by atoms with Gasteiger partial charge in [-0.1, -0.05) is 0 Å². The van der Waals surface area contributed by atoms with Gasteiger partial charge in [-0.05, 0) is 55.8 Å². The Balaban J connectivity index is 2.02. The molecule has 0 saturated heterocycles. The van der Waals surface area contributed by atoms with Crippen LogP contribution in [-0.2, 0) is 24.1 Å². The Morgan fingerprint density at radius 1 is 1.04 bits per heavy atom. The molecule has 3 aromatic rings. The summed E-state index contributed by atoms with van der Waals surface area (Å²) < 4.78 is 36.6. The summed E-state index contributed by atoms with van der Waals surface area (Å²) in [6.07, 6.45) is 0. The van der Waals surface area contributed by atoms with E-state index in [-0.39, 0.29) is 10.6 Å². The van der Waals surface area contributed by atoms with E-state index in [0.29, 0.717) is 34.6 Å². The van der Waals surface area contributed by atoms with Crippen LogP contribution in [0.15, 0.2) is 46.1 Å². The van der Waals surface area contributed by atoms with E-state index in [9.17, 15) is 13.2 Å². The number of fused-ring (bicyclic) bond motifs is 1. The Morgan fingerprint density at radius 3 is 2.19 bits per heavy atom. The molecule has 1 N–H and O–H groups in total. The lowest BCUT2D eigenvalue weighted by molar-refractivity contribution is 0.340. The zero-order valence-electron chi connectivity index (χ0n) is 15.1. The number of rotatable bonds is 5. The standard InChI is InChI=1S/C18H21N3O4S/c1-5-25-14-8-6-13(7-9-14)19-26(23,24)17-11-16-15(10-12(17)2)20(3)18(22)21(16)4/h6-11,19H,5H2,1-4H3. The monoisotopic (exact) mass is 375 g/mol. The van der Waals surface area contributed by atoms with E-state index in [1.165, 1.54) is 15.2 Å². The average molecular weight is 375 g/mol. The minimum Gasteiger partial charge on any atom is -0.494 e. The highest BCUT2D eigenvalue weighted by molar-refractivity contribution is 7.92. The van der Waals surface area contributed by atoms with Crippen molar-refractivity contribution in [2.45, 2.75) is 18.7 Å². The van der Waals surface area contributed by atoms with Gasteiger partial charge < -0.3 is 4.74 Å². The van der Waals surface area contributed by atoms with Crippen molar-refractivity contribution in [3.8, 4) is 5.75 Å². The van der Waals surface area contributed by atoms with Crippen molar-refractivity contribution in [1.82, 2.24) is 9.13 Å². The first-order valence-electron chi connectivity index (χ1n) is 8.16. The third kappa shape index (κ3) is 3.08. The second-order valence-corrected chi connectivity index (χ2v) is 7.72. The van der Waals surface area contributed by atoms with E-state index in [4.69, 9.17) is 4.74 Å². The van der Waals surface area contributed by atoms with Gasteiger partial charge >= 0.3 is 5.69 Å². The number of imidazole rings is 1. The maximum Gasteiger partial charge on any atom is 0.328 e. The van der Waals surface area contributed by atoms with Gasteiger partial charge in [-0.3, -0.25) is 13.9 Å². The fraction of sp³-hybridized carbons (Fsp3) is 0.278. The molecule has 3 rings (SSSR count). The van der Waals surface area contributed by atoms with Crippen molar-refractivity contribution in [2.24, 2.45) is 14.1 Å². The minimum absolute atomic E-state index is 0.139. The van der Waals surface area contributed by atoms with E-state index in [1.54, 1.807) is 51.4 Å². The van der Waals surface area contributed by atoms with Gasteiger partial charge in [-0.15, -0.1) is 0 Å². The molecule has 1 heterocycles. The molecular weight excluding hydrogens is 354 g/mol. The Bertz CT molecular complexity index is 1130. The van der Waals surface area contributed by atoms with Crippen LogP contribution < -0.4 is 15.1 Å². The Hall–Kier alpha value is -2.74. The zero-order valence-corrected chi connectivity index (χ0v) is 15.9. The third-order valence-corrected chi connectivity index (χ3v) is 5.80. The number of anilines is 1. The van der Waals surface area contributed by atoms with Crippen molar-refractivity contribution < 1.29 is 13.2 Å². The first-order valence-corrected chi connectivity index (χ1v) is 9.64. The molecule has 8 heteroatoms. The molecule has 0 aliphatic rings. The molecule has 0 spiro atoms. The largest absolute Gasteiger partial charge is 0.494 e. The van der Waals surface area contributed by atoms with Gasteiger partial charge in [0.15, 0.2) is 0 Å². The highest BCUT2D eigenvalue weighted by Crippen LogP contribution is 2.25. The molecule has 0 unspecified atom stereocenters. The SMILES string of the molecule is CCOc1ccc(NS(=O)(=O)c2cc3c(cc2C)n(C)c(=O)n3C)cc1. The van der Waals surface area contributed by atoms with Crippen LogP contribution >= 0.6 is 0 Å². The summed E-state index contributed by atoms with van der Waals surface area (Å²) in [5, 5.41) is 0. The Kier molecular flexibility index (Phi) is 4.53. The second-order valence-electron chi connectivity index (χ2n) is 6.07. The van der Waals surface area contributed by atoms with E-state index in [2.05, 4.69) is 4.72 Å². The van der Waals surface area contributed by atoms with Crippen LogP contribution in [0.25, 0.3) is 11.0 Å². The van der Waals surface area contributed by atoms with Crippen LogP contribution in [-0.4, -0.2) is 24.2 Å². The van der Waals surface area contributed by atoms with Crippen molar-refractivity contribution in [1.29, 1.82) is 0 Å². The normalized spacial score (nSPS) is 11.7. The van der Waals surface area contributed by atoms with Gasteiger partial charge in [-0.2, -0.15) is 0 Å². The number of hydrogen-bond donors (Lipinski definition) is 1. The summed E-state index contributed by atoms with van der Waals surface area (Å²) in [6.45, 7) is 4.14. The van der Waals surface area contributed by atoms with E-state index < -0.39 is 10.0 Å². The topological polar surface area (TPSA) is 82.3 Å². The van der Waals surface area contributed by atoms with Gasteiger partial charge in [0.05, 0.1) is 22.5 Å². The number of benzene rings is 2. The third-order valence-electron chi connectivity index (χ3n) is 4.28. The average Bonchev–Trinajstić information content (AvgIpc) is 2.80. The number of hydrogen-bond acceptors (Lipinski definition) is 4. The molecule has 0 aliphatic heterocycles. The van der Waals surface area contributed by atoms with Crippen LogP contribution in [0.3, 0.4) is 0 Å². The first-order chi connectivity index (χ1) is 12.2. The number of ether oxygens (including phenoxy) is 1. The number of aromatic nitrogens is 2. The van der Waals surface area contributed by atoms with Gasteiger partial charge in [0.1, 0.15) is 5.75 Å². The van der Waals surface area contributed by atoms with E-state index >= 15 is 0 Å². The maximum atomic E-state index is 12.8.